The summed E-state index contributed by atoms with van der Waals surface area (Å²) in [4.78, 5) is 15.0. The Kier molecular flexibility index (Phi) is 5.91. The summed E-state index contributed by atoms with van der Waals surface area (Å²) in [5.41, 5.74) is 6.22. The molecule has 0 spiro atoms. The average molecular weight is 369 g/mol. The van der Waals surface area contributed by atoms with Crippen LogP contribution in [0.2, 0.25) is 5.02 Å². The maximum atomic E-state index is 12.6. The summed E-state index contributed by atoms with van der Waals surface area (Å²) in [6.45, 7) is 5.93. The van der Waals surface area contributed by atoms with Crippen molar-refractivity contribution < 1.29 is 19.0 Å². The van der Waals surface area contributed by atoms with Crippen LogP contribution in [-0.2, 0) is 4.79 Å². The molecule has 0 atom stereocenters. The second-order valence-electron chi connectivity index (χ2n) is 6.52. The molecule has 7 heteroatoms. The van der Waals surface area contributed by atoms with Crippen molar-refractivity contribution in [3.8, 4) is 17.2 Å². The Bertz CT molecular complexity index is 630. The van der Waals surface area contributed by atoms with E-state index in [4.69, 9.17) is 31.5 Å². The first-order valence-corrected chi connectivity index (χ1v) is 9.29. The van der Waals surface area contributed by atoms with Gasteiger partial charge in [0.2, 0.25) is 5.75 Å². The molecule has 0 aromatic heterocycles. The molecule has 3 rings (SSSR count). The number of likely N-dealkylation sites (tertiary alicyclic amines) is 1. The number of carbonyl (C=O) groups is 1. The van der Waals surface area contributed by atoms with E-state index < -0.39 is 0 Å². The fourth-order valence-electron chi connectivity index (χ4n) is 3.21. The van der Waals surface area contributed by atoms with Gasteiger partial charge in [0.25, 0.3) is 0 Å². The van der Waals surface area contributed by atoms with Crippen LogP contribution in [0.25, 0.3) is 0 Å². The summed E-state index contributed by atoms with van der Waals surface area (Å²) in [7, 11) is 0. The Balaban J connectivity index is 1.65. The van der Waals surface area contributed by atoms with Crippen LogP contribution in [-0.4, -0.2) is 43.7 Å². The number of carbonyl (C=O) groups excluding carboxylic acids is 1. The van der Waals surface area contributed by atoms with Gasteiger partial charge in [-0.15, -0.1) is 0 Å². The number of benzene rings is 1. The molecule has 0 radical (unpaired) electrons. The molecular weight excluding hydrogens is 344 g/mol. The maximum absolute atomic E-state index is 12.6. The lowest BCUT2D eigenvalue weighted by molar-refractivity contribution is -0.140. The number of piperidine rings is 1. The molecule has 2 heterocycles. The molecule has 0 unspecified atom stereocenters. The fourth-order valence-corrected chi connectivity index (χ4v) is 3.39. The first kappa shape index (κ1) is 18.1. The molecule has 0 aliphatic carbocycles. The molecule has 2 aliphatic rings. The zero-order valence-corrected chi connectivity index (χ0v) is 15.3. The lowest BCUT2D eigenvalue weighted by Gasteiger charge is -2.31. The minimum atomic E-state index is -0.243. The van der Waals surface area contributed by atoms with Crippen molar-refractivity contribution in [1.82, 2.24) is 4.90 Å². The van der Waals surface area contributed by atoms with Crippen molar-refractivity contribution in [2.75, 3.05) is 38.6 Å². The Hall–Kier alpha value is -1.66. The predicted molar refractivity (Wildman–Crippen MR) is 96.6 cm³/mol. The Morgan fingerprint density at radius 1 is 1.32 bits per heavy atom. The number of rotatable bonds is 5. The molecule has 1 aromatic carbocycles. The van der Waals surface area contributed by atoms with E-state index in [0.717, 1.165) is 32.5 Å². The van der Waals surface area contributed by atoms with E-state index in [9.17, 15) is 4.79 Å². The summed E-state index contributed by atoms with van der Waals surface area (Å²) in [6.07, 6.45) is 4.01. The number of anilines is 1. The second-order valence-corrected chi connectivity index (χ2v) is 6.92. The van der Waals surface area contributed by atoms with Crippen LogP contribution >= 0.6 is 11.6 Å². The van der Waals surface area contributed by atoms with Gasteiger partial charge in [0.1, 0.15) is 13.2 Å². The lowest BCUT2D eigenvalue weighted by Crippen LogP contribution is -2.38. The maximum Gasteiger partial charge on any atom is 0.314 e. The predicted octanol–water partition coefficient (Wildman–Crippen LogP) is 3.11. The molecule has 0 amide bonds. The molecule has 2 N–H and O–H groups in total. The van der Waals surface area contributed by atoms with Crippen LogP contribution in [0, 0.1) is 5.92 Å². The topological polar surface area (TPSA) is 74.0 Å². The third-order valence-corrected chi connectivity index (χ3v) is 5.04. The molecule has 1 saturated heterocycles. The van der Waals surface area contributed by atoms with E-state index in [-0.39, 0.29) is 17.6 Å². The normalized spacial score (nSPS) is 18.2. The highest BCUT2D eigenvalue weighted by atomic mass is 35.5. The summed E-state index contributed by atoms with van der Waals surface area (Å²) in [5.74, 6) is 0.659. The highest BCUT2D eigenvalue weighted by Gasteiger charge is 2.29. The fraction of sp³-hybridized carbons (Fsp3) is 0.611. The summed E-state index contributed by atoms with van der Waals surface area (Å²) >= 11 is 6.13. The Labute approximate surface area is 153 Å². The third kappa shape index (κ3) is 4.12. The minimum Gasteiger partial charge on any atom is -0.484 e. The van der Waals surface area contributed by atoms with Crippen molar-refractivity contribution in [2.45, 2.75) is 32.6 Å². The number of hydrogen-bond donors (Lipinski definition) is 1. The molecule has 6 nitrogen and oxygen atoms in total. The van der Waals surface area contributed by atoms with Gasteiger partial charge in [0.15, 0.2) is 11.5 Å². The minimum absolute atomic E-state index is 0.102. The number of fused-ring (bicyclic) bond motifs is 1. The zero-order chi connectivity index (χ0) is 17.8. The van der Waals surface area contributed by atoms with E-state index in [2.05, 4.69) is 11.8 Å². The summed E-state index contributed by atoms with van der Waals surface area (Å²) in [6, 6.07) is 1.53. The van der Waals surface area contributed by atoms with Crippen molar-refractivity contribution in [1.29, 1.82) is 0 Å². The zero-order valence-electron chi connectivity index (χ0n) is 14.6. The van der Waals surface area contributed by atoms with Gasteiger partial charge in [-0.05, 0) is 38.9 Å². The van der Waals surface area contributed by atoms with E-state index in [1.54, 1.807) is 0 Å². The van der Waals surface area contributed by atoms with E-state index >= 15 is 0 Å². The molecule has 1 aromatic rings. The molecule has 1 fully saturated rings. The standard InChI is InChI=1S/C18H25ClN2O4/c1-2-3-6-21-7-4-12(5-8-21)18(22)25-14-11-13(19)15(20)17-16(14)23-9-10-24-17/h11-12H,2-10,20H2,1H3. The first-order valence-electron chi connectivity index (χ1n) is 8.91. The number of nitrogens with zero attached hydrogens (tertiary/aromatic N) is 1. The van der Waals surface area contributed by atoms with Crippen LogP contribution in [0.4, 0.5) is 5.69 Å². The highest BCUT2D eigenvalue weighted by Crippen LogP contribution is 2.47. The Morgan fingerprint density at radius 3 is 2.68 bits per heavy atom. The highest BCUT2D eigenvalue weighted by molar-refractivity contribution is 6.33. The van der Waals surface area contributed by atoms with Gasteiger partial charge in [-0.25, -0.2) is 0 Å². The number of nitrogens with two attached hydrogens (primary N) is 1. The number of unbranched alkanes of at least 4 members (excludes halogenated alkanes) is 1. The van der Waals surface area contributed by atoms with Crippen molar-refractivity contribution in [2.24, 2.45) is 5.92 Å². The number of ether oxygens (including phenoxy) is 3. The van der Waals surface area contributed by atoms with Gasteiger partial charge in [-0.3, -0.25) is 4.79 Å². The SMILES string of the molecule is CCCCN1CCC(C(=O)Oc2cc(Cl)c(N)c3c2OCCO3)CC1. The van der Waals surface area contributed by atoms with Crippen LogP contribution in [0.15, 0.2) is 6.07 Å². The quantitative estimate of drug-likeness (QED) is 0.489. The van der Waals surface area contributed by atoms with Gasteiger partial charge in [0.05, 0.1) is 16.6 Å². The molecule has 0 saturated carbocycles. The van der Waals surface area contributed by atoms with Gasteiger partial charge in [-0.1, -0.05) is 24.9 Å². The van der Waals surface area contributed by atoms with Crippen molar-refractivity contribution >= 4 is 23.3 Å². The van der Waals surface area contributed by atoms with Crippen molar-refractivity contribution in [3.63, 3.8) is 0 Å². The largest absolute Gasteiger partial charge is 0.484 e. The summed E-state index contributed by atoms with van der Waals surface area (Å²) < 4.78 is 16.7. The molecule has 25 heavy (non-hydrogen) atoms. The third-order valence-electron chi connectivity index (χ3n) is 4.73. The van der Waals surface area contributed by atoms with Gasteiger partial charge < -0.3 is 24.8 Å². The van der Waals surface area contributed by atoms with Crippen LogP contribution in [0.3, 0.4) is 0 Å². The Morgan fingerprint density at radius 2 is 2.00 bits per heavy atom. The van der Waals surface area contributed by atoms with E-state index in [0.29, 0.717) is 35.4 Å². The first-order chi connectivity index (χ1) is 12.1. The van der Waals surface area contributed by atoms with Gasteiger partial charge in [0, 0.05) is 6.07 Å². The smallest absolute Gasteiger partial charge is 0.314 e. The molecule has 138 valence electrons. The van der Waals surface area contributed by atoms with E-state index in [1.807, 2.05) is 0 Å². The van der Waals surface area contributed by atoms with Gasteiger partial charge in [-0.2, -0.15) is 0 Å². The van der Waals surface area contributed by atoms with Gasteiger partial charge >= 0.3 is 5.97 Å². The van der Waals surface area contributed by atoms with Crippen LogP contribution < -0.4 is 19.9 Å². The monoisotopic (exact) mass is 368 g/mol. The average Bonchev–Trinajstić information content (AvgIpc) is 2.64. The number of hydrogen-bond acceptors (Lipinski definition) is 6. The molecule has 2 aliphatic heterocycles. The lowest BCUT2D eigenvalue weighted by atomic mass is 9.97. The number of halogens is 1. The summed E-state index contributed by atoms with van der Waals surface area (Å²) in [5, 5.41) is 0.293. The van der Waals surface area contributed by atoms with Crippen LogP contribution in [0.5, 0.6) is 17.2 Å². The van der Waals surface area contributed by atoms with Crippen LogP contribution in [0.1, 0.15) is 32.6 Å². The van der Waals surface area contributed by atoms with Crippen molar-refractivity contribution in [3.05, 3.63) is 11.1 Å². The molecular formula is C18H25ClN2O4. The van der Waals surface area contributed by atoms with E-state index in [1.165, 1.54) is 18.9 Å². The molecule has 0 bridgehead atoms. The second kappa shape index (κ2) is 8.15. The number of nitrogen functional groups attached to an aromatic ring is 1. The number of esters is 1.